The third kappa shape index (κ3) is 26.1. The predicted molar refractivity (Wildman–Crippen MR) is 285 cm³/mol. The molecule has 0 spiro atoms. The van der Waals surface area contributed by atoms with Gasteiger partial charge in [-0.15, -0.1) is 0 Å². The number of rotatable bonds is 42. The maximum Gasteiger partial charge on any atom is 0.336 e. The van der Waals surface area contributed by atoms with Gasteiger partial charge in [0.2, 0.25) is 0 Å². The van der Waals surface area contributed by atoms with E-state index in [-0.39, 0.29) is 17.0 Å². The molecule has 64 heavy (non-hydrogen) atoms. The van der Waals surface area contributed by atoms with Gasteiger partial charge in [-0.2, -0.15) is 0 Å². The fourth-order valence-corrected chi connectivity index (χ4v) is 12.7. The van der Waals surface area contributed by atoms with E-state index in [4.69, 9.17) is 9.05 Å². The normalized spacial score (nSPS) is 13.1. The van der Waals surface area contributed by atoms with Gasteiger partial charge >= 0.3 is 7.60 Å². The zero-order valence-electron chi connectivity index (χ0n) is 45.4. The lowest BCUT2D eigenvalue weighted by Gasteiger charge is -2.43. The summed E-state index contributed by atoms with van der Waals surface area (Å²) in [5.74, 6) is 0.376. The number of aromatic hydroxyl groups is 1. The Bertz CT molecular complexity index is 1210. The van der Waals surface area contributed by atoms with Crippen LogP contribution in [0.25, 0.3) is 0 Å². The lowest BCUT2D eigenvalue weighted by Crippen LogP contribution is -2.37. The van der Waals surface area contributed by atoms with Gasteiger partial charge < -0.3 is 14.2 Å². The van der Waals surface area contributed by atoms with E-state index in [1.807, 2.05) is 0 Å². The monoisotopic (exact) mass is 917 g/mol. The van der Waals surface area contributed by atoms with Crippen LogP contribution in [-0.4, -0.2) is 16.3 Å². The third-order valence-electron chi connectivity index (χ3n) is 14.2. The molecule has 0 aliphatic heterocycles. The van der Waals surface area contributed by atoms with Crippen LogP contribution < -0.4 is 0 Å². The fraction of sp³-hybridized carbons (Fsp3) is 0.898. The molecule has 4 nitrogen and oxygen atoms in total. The van der Waals surface area contributed by atoms with E-state index in [0.717, 1.165) is 93.7 Å². The first-order valence-electron chi connectivity index (χ1n) is 28.4. The maximum absolute atomic E-state index is 16.9. The molecule has 0 heterocycles. The maximum atomic E-state index is 16.9. The number of hydrogen-bond donors (Lipinski definition) is 1. The molecule has 0 radical (unpaired) electrons. The summed E-state index contributed by atoms with van der Waals surface area (Å²) in [6, 6.07) is 4.32. The highest BCUT2D eigenvalue weighted by Crippen LogP contribution is 2.62. The van der Waals surface area contributed by atoms with Crippen molar-refractivity contribution in [2.45, 2.75) is 342 Å². The second kappa shape index (κ2) is 34.5. The standard InChI is InChI=1S/C59H113O4P/c1-13-19-25-31-33-35-41-47-58(43-37-27-21-15-3,44-38-28-22-16-4)62-64(61,51-52-49-53(56(7,8)9)55(60)54(50-52)57(10,11)12)63-59(45-39-29-23-17-5,46-40-30-24-18-6)48-42-36-34-32-26-20-14-2/h49-50,60H,13-48,51H2,1-12H3. The van der Waals surface area contributed by atoms with Crippen LogP contribution in [-0.2, 0) is 30.6 Å². The molecule has 1 rings (SSSR count). The average Bonchev–Trinajstić information content (AvgIpc) is 3.23. The molecule has 1 aromatic rings. The number of phenolic OH excluding ortho intramolecular Hbond substituents is 1. The van der Waals surface area contributed by atoms with Crippen LogP contribution in [0.4, 0.5) is 0 Å². The van der Waals surface area contributed by atoms with Crippen molar-refractivity contribution < 1.29 is 18.7 Å². The van der Waals surface area contributed by atoms with Crippen molar-refractivity contribution in [3.05, 3.63) is 28.8 Å². The lowest BCUT2D eigenvalue weighted by molar-refractivity contribution is -0.0294. The van der Waals surface area contributed by atoms with Crippen molar-refractivity contribution in [1.82, 2.24) is 0 Å². The summed E-state index contributed by atoms with van der Waals surface area (Å²) in [6.07, 6.45) is 42.6. The zero-order valence-corrected chi connectivity index (χ0v) is 46.3. The van der Waals surface area contributed by atoms with Gasteiger partial charge in [-0.05, 0) is 66.0 Å². The van der Waals surface area contributed by atoms with Crippen molar-refractivity contribution in [1.29, 1.82) is 0 Å². The minimum absolute atomic E-state index is 0.255. The van der Waals surface area contributed by atoms with Gasteiger partial charge in [0.1, 0.15) is 5.75 Å². The van der Waals surface area contributed by atoms with Crippen LogP contribution in [0.5, 0.6) is 5.75 Å². The molecule has 5 heteroatoms. The molecule has 0 amide bonds. The minimum Gasteiger partial charge on any atom is -0.507 e. The van der Waals surface area contributed by atoms with E-state index < -0.39 is 18.8 Å². The van der Waals surface area contributed by atoms with Crippen LogP contribution in [0.15, 0.2) is 12.1 Å². The van der Waals surface area contributed by atoms with E-state index in [9.17, 15) is 5.11 Å². The van der Waals surface area contributed by atoms with Crippen LogP contribution in [0.2, 0.25) is 0 Å². The highest BCUT2D eigenvalue weighted by atomic mass is 31.2. The number of hydrogen-bond acceptors (Lipinski definition) is 4. The van der Waals surface area contributed by atoms with E-state index >= 15 is 4.57 Å². The fourth-order valence-electron chi connectivity index (χ4n) is 10.2. The largest absolute Gasteiger partial charge is 0.507 e. The van der Waals surface area contributed by atoms with Gasteiger partial charge in [0.25, 0.3) is 0 Å². The average molecular weight is 918 g/mol. The van der Waals surface area contributed by atoms with Crippen molar-refractivity contribution in [3.63, 3.8) is 0 Å². The molecule has 1 N–H and O–H groups in total. The Labute approximate surface area is 401 Å². The molecule has 0 aliphatic rings. The van der Waals surface area contributed by atoms with Gasteiger partial charge in [-0.3, -0.25) is 4.57 Å². The molecule has 0 bridgehead atoms. The van der Waals surface area contributed by atoms with Gasteiger partial charge in [0.05, 0.1) is 17.4 Å². The van der Waals surface area contributed by atoms with Crippen molar-refractivity contribution in [2.24, 2.45) is 0 Å². The molecule has 0 atom stereocenters. The minimum atomic E-state index is -3.79. The summed E-state index contributed by atoms with van der Waals surface area (Å²) < 4.78 is 32.4. The molecular weight excluding hydrogens is 804 g/mol. The summed E-state index contributed by atoms with van der Waals surface area (Å²) in [5, 5.41) is 11.9. The van der Waals surface area contributed by atoms with E-state index in [1.54, 1.807) is 0 Å². The summed E-state index contributed by atoms with van der Waals surface area (Å²) in [6.45, 7) is 26.9. The predicted octanol–water partition coefficient (Wildman–Crippen LogP) is 21.4. The van der Waals surface area contributed by atoms with Gasteiger partial charge in [-0.1, -0.05) is 288 Å². The van der Waals surface area contributed by atoms with Crippen LogP contribution in [0.1, 0.15) is 331 Å². The molecule has 0 fully saturated rings. The second-order valence-electron chi connectivity index (χ2n) is 22.8. The van der Waals surface area contributed by atoms with Crippen molar-refractivity contribution in [2.75, 3.05) is 0 Å². The summed E-state index contributed by atoms with van der Waals surface area (Å²) >= 11 is 0. The Balaban J connectivity index is 4.15. The number of phenols is 1. The Hall–Kier alpha value is -0.830. The quantitative estimate of drug-likeness (QED) is 0.0524. The molecule has 0 unspecified atom stereocenters. The number of benzene rings is 1. The Morgan fingerprint density at radius 2 is 0.609 bits per heavy atom. The first-order valence-corrected chi connectivity index (χ1v) is 30.1. The Kier molecular flexibility index (Phi) is 32.9. The van der Waals surface area contributed by atoms with Gasteiger partial charge in [-0.25, -0.2) is 0 Å². The number of unbranched alkanes of at least 4 members (excludes halogenated alkanes) is 24. The summed E-state index contributed by atoms with van der Waals surface area (Å²) in [5.41, 5.74) is 1.29. The second-order valence-corrected chi connectivity index (χ2v) is 24.7. The van der Waals surface area contributed by atoms with Crippen LogP contribution in [0.3, 0.4) is 0 Å². The zero-order chi connectivity index (χ0) is 47.8. The highest BCUT2D eigenvalue weighted by Gasteiger charge is 2.45. The summed E-state index contributed by atoms with van der Waals surface area (Å²) in [4.78, 5) is 0. The van der Waals surface area contributed by atoms with Crippen molar-refractivity contribution >= 4 is 7.60 Å². The van der Waals surface area contributed by atoms with E-state index in [2.05, 4.69) is 95.2 Å². The molecular formula is C59H113O4P. The summed E-state index contributed by atoms with van der Waals surface area (Å²) in [7, 11) is -3.79. The van der Waals surface area contributed by atoms with Gasteiger partial charge in [0, 0.05) is 0 Å². The first-order chi connectivity index (χ1) is 30.5. The molecule has 0 aromatic heterocycles. The molecule has 1 aromatic carbocycles. The Morgan fingerprint density at radius 1 is 0.391 bits per heavy atom. The molecule has 378 valence electrons. The molecule has 0 saturated carbocycles. The topological polar surface area (TPSA) is 55.8 Å². The SMILES string of the molecule is CCCCCCCCCC(CCCCCC)(CCCCCC)OP(=O)(Cc1cc(C(C)(C)C)c(O)c(C(C)(C)C)c1)OC(CCCCCC)(CCCCCC)CCCCCCCCC. The van der Waals surface area contributed by atoms with Crippen molar-refractivity contribution in [3.8, 4) is 5.75 Å². The molecule has 0 saturated heterocycles. The van der Waals surface area contributed by atoms with Gasteiger partial charge in [0.15, 0.2) is 0 Å². The van der Waals surface area contributed by atoms with E-state index in [1.165, 1.54) is 154 Å². The first kappa shape index (κ1) is 61.2. The molecule has 0 aliphatic carbocycles. The van der Waals surface area contributed by atoms with Crippen LogP contribution in [0, 0.1) is 0 Å². The van der Waals surface area contributed by atoms with Crippen LogP contribution >= 0.6 is 7.60 Å². The third-order valence-corrected chi connectivity index (χ3v) is 16.3. The lowest BCUT2D eigenvalue weighted by atomic mass is 9.78. The smallest absolute Gasteiger partial charge is 0.336 e. The highest BCUT2D eigenvalue weighted by molar-refractivity contribution is 7.53. The Morgan fingerprint density at radius 3 is 0.844 bits per heavy atom. The van der Waals surface area contributed by atoms with E-state index in [0.29, 0.717) is 5.75 Å².